The SMILES string of the molecule is Cc1nnsc1CN1CCC2(CC1)CN(CCOc1ccccc1)C(=O)O2. The lowest BCUT2D eigenvalue weighted by Crippen LogP contribution is -2.46. The van der Waals surface area contributed by atoms with Crippen molar-refractivity contribution in [2.24, 2.45) is 0 Å². The number of nitrogens with zero attached hydrogens (tertiary/aromatic N) is 4. The van der Waals surface area contributed by atoms with Gasteiger partial charge in [-0.25, -0.2) is 4.79 Å². The summed E-state index contributed by atoms with van der Waals surface area (Å²) in [5, 5.41) is 4.08. The van der Waals surface area contributed by atoms with Crippen LogP contribution in [0.25, 0.3) is 0 Å². The van der Waals surface area contributed by atoms with E-state index in [9.17, 15) is 4.79 Å². The molecule has 7 nitrogen and oxygen atoms in total. The molecule has 2 fully saturated rings. The molecule has 1 spiro atoms. The minimum absolute atomic E-state index is 0.220. The number of likely N-dealkylation sites (tertiary alicyclic amines) is 1. The van der Waals surface area contributed by atoms with Crippen LogP contribution in [0.3, 0.4) is 0 Å². The van der Waals surface area contributed by atoms with Gasteiger partial charge in [-0.3, -0.25) is 4.90 Å². The smallest absolute Gasteiger partial charge is 0.410 e. The van der Waals surface area contributed by atoms with Crippen LogP contribution in [0.15, 0.2) is 30.3 Å². The van der Waals surface area contributed by atoms with Gasteiger partial charge in [-0.2, -0.15) is 0 Å². The summed E-state index contributed by atoms with van der Waals surface area (Å²) in [5.74, 6) is 0.820. The molecule has 1 aromatic carbocycles. The Hall–Kier alpha value is -2.19. The second kappa shape index (κ2) is 7.82. The molecular weight excluding hydrogens is 364 g/mol. The molecule has 2 aromatic rings. The van der Waals surface area contributed by atoms with Gasteiger partial charge in [-0.1, -0.05) is 22.7 Å². The molecule has 0 saturated carbocycles. The molecule has 1 amide bonds. The Kier molecular flexibility index (Phi) is 5.27. The largest absolute Gasteiger partial charge is 0.492 e. The van der Waals surface area contributed by atoms with E-state index in [1.807, 2.05) is 37.3 Å². The van der Waals surface area contributed by atoms with E-state index in [2.05, 4.69) is 14.5 Å². The zero-order valence-electron chi connectivity index (χ0n) is 15.5. The van der Waals surface area contributed by atoms with Crippen LogP contribution in [0.2, 0.25) is 0 Å². The van der Waals surface area contributed by atoms with Crippen molar-refractivity contribution in [3.05, 3.63) is 40.9 Å². The number of aromatic nitrogens is 2. The van der Waals surface area contributed by atoms with Gasteiger partial charge in [0, 0.05) is 32.5 Å². The number of hydrogen-bond donors (Lipinski definition) is 0. The van der Waals surface area contributed by atoms with Gasteiger partial charge in [0.15, 0.2) is 0 Å². The molecule has 4 rings (SSSR count). The van der Waals surface area contributed by atoms with Gasteiger partial charge in [-0.05, 0) is 30.6 Å². The number of benzene rings is 1. The van der Waals surface area contributed by atoms with E-state index >= 15 is 0 Å². The molecule has 0 bridgehead atoms. The van der Waals surface area contributed by atoms with Crippen LogP contribution < -0.4 is 4.74 Å². The fourth-order valence-electron chi connectivity index (χ4n) is 3.63. The third kappa shape index (κ3) is 4.22. The number of carbonyl (C=O) groups is 1. The first-order chi connectivity index (χ1) is 13.1. The van der Waals surface area contributed by atoms with Gasteiger partial charge in [0.05, 0.1) is 23.7 Å². The van der Waals surface area contributed by atoms with Gasteiger partial charge in [0.1, 0.15) is 18.0 Å². The van der Waals surface area contributed by atoms with Gasteiger partial charge >= 0.3 is 6.09 Å². The lowest BCUT2D eigenvalue weighted by molar-refractivity contribution is -0.00106. The molecule has 1 aromatic heterocycles. The maximum Gasteiger partial charge on any atom is 0.410 e. The Morgan fingerprint density at radius 1 is 1.26 bits per heavy atom. The van der Waals surface area contributed by atoms with Crippen molar-refractivity contribution in [1.82, 2.24) is 19.4 Å². The van der Waals surface area contributed by atoms with E-state index in [-0.39, 0.29) is 11.7 Å². The Morgan fingerprint density at radius 3 is 2.74 bits per heavy atom. The van der Waals surface area contributed by atoms with E-state index in [1.165, 1.54) is 16.4 Å². The van der Waals surface area contributed by atoms with Crippen molar-refractivity contribution in [1.29, 1.82) is 0 Å². The molecule has 2 saturated heterocycles. The second-order valence-electron chi connectivity index (χ2n) is 7.19. The van der Waals surface area contributed by atoms with Gasteiger partial charge in [0.25, 0.3) is 0 Å². The number of aryl methyl sites for hydroxylation is 1. The first-order valence-corrected chi connectivity index (χ1v) is 10.1. The topological polar surface area (TPSA) is 67.8 Å². The van der Waals surface area contributed by atoms with Crippen molar-refractivity contribution in [3.63, 3.8) is 0 Å². The summed E-state index contributed by atoms with van der Waals surface area (Å²) < 4.78 is 15.5. The minimum Gasteiger partial charge on any atom is -0.492 e. The van der Waals surface area contributed by atoms with Gasteiger partial charge in [0.2, 0.25) is 0 Å². The highest BCUT2D eigenvalue weighted by Crippen LogP contribution is 2.33. The van der Waals surface area contributed by atoms with Crippen LogP contribution in [0.5, 0.6) is 5.75 Å². The number of rotatable bonds is 6. The fourth-order valence-corrected chi connectivity index (χ4v) is 4.31. The van der Waals surface area contributed by atoms with Crippen LogP contribution in [-0.4, -0.2) is 63.9 Å². The molecular formula is C19H24N4O3S. The highest BCUT2D eigenvalue weighted by molar-refractivity contribution is 7.05. The molecule has 2 aliphatic heterocycles. The van der Waals surface area contributed by atoms with Crippen LogP contribution in [0.4, 0.5) is 4.79 Å². The molecule has 27 heavy (non-hydrogen) atoms. The van der Waals surface area contributed by atoms with Crippen molar-refractivity contribution < 1.29 is 14.3 Å². The summed E-state index contributed by atoms with van der Waals surface area (Å²) in [6.45, 7) is 6.38. The zero-order chi connectivity index (χ0) is 18.7. The quantitative estimate of drug-likeness (QED) is 0.758. The first-order valence-electron chi connectivity index (χ1n) is 9.30. The van der Waals surface area contributed by atoms with Gasteiger partial charge in [-0.15, -0.1) is 5.10 Å². The van der Waals surface area contributed by atoms with Crippen molar-refractivity contribution >= 4 is 17.6 Å². The number of amides is 1. The molecule has 3 heterocycles. The molecule has 0 radical (unpaired) electrons. The normalized spacial score (nSPS) is 19.4. The van der Waals surface area contributed by atoms with E-state index in [1.54, 1.807) is 4.90 Å². The maximum absolute atomic E-state index is 12.3. The molecule has 144 valence electrons. The standard InChI is InChI=1S/C19H24N4O3S/c1-15-17(27-21-20-15)13-22-9-7-19(8-10-22)14-23(18(24)26-19)11-12-25-16-5-3-2-4-6-16/h2-6H,7-14H2,1H3. The average Bonchev–Trinajstić information content (AvgIpc) is 3.21. The van der Waals surface area contributed by atoms with Crippen LogP contribution >= 0.6 is 11.5 Å². The molecule has 0 atom stereocenters. The Labute approximate surface area is 163 Å². The number of piperidine rings is 1. The zero-order valence-corrected chi connectivity index (χ0v) is 16.3. The van der Waals surface area contributed by atoms with Crippen LogP contribution in [0.1, 0.15) is 23.4 Å². The van der Waals surface area contributed by atoms with Crippen LogP contribution in [0, 0.1) is 6.92 Å². The summed E-state index contributed by atoms with van der Waals surface area (Å²) in [6.07, 6.45) is 1.50. The summed E-state index contributed by atoms with van der Waals surface area (Å²) in [4.78, 5) is 17.7. The van der Waals surface area contributed by atoms with E-state index in [4.69, 9.17) is 9.47 Å². The number of para-hydroxylation sites is 1. The van der Waals surface area contributed by atoms with Crippen molar-refractivity contribution in [2.45, 2.75) is 31.9 Å². The average molecular weight is 388 g/mol. The van der Waals surface area contributed by atoms with E-state index in [0.29, 0.717) is 19.7 Å². The highest BCUT2D eigenvalue weighted by Gasteiger charge is 2.46. The molecule has 2 aliphatic rings. The first kappa shape index (κ1) is 18.2. The van der Waals surface area contributed by atoms with E-state index < -0.39 is 0 Å². The van der Waals surface area contributed by atoms with Crippen molar-refractivity contribution in [3.8, 4) is 5.75 Å². The van der Waals surface area contributed by atoms with Crippen molar-refractivity contribution in [2.75, 3.05) is 32.8 Å². The predicted octanol–water partition coefficient (Wildman–Crippen LogP) is 2.71. The molecule has 8 heteroatoms. The number of hydrogen-bond acceptors (Lipinski definition) is 7. The highest BCUT2D eigenvalue weighted by atomic mass is 32.1. The van der Waals surface area contributed by atoms with E-state index in [0.717, 1.165) is 43.9 Å². The summed E-state index contributed by atoms with van der Waals surface area (Å²) in [7, 11) is 0. The monoisotopic (exact) mass is 388 g/mol. The summed E-state index contributed by atoms with van der Waals surface area (Å²) >= 11 is 1.46. The predicted molar refractivity (Wildman–Crippen MR) is 102 cm³/mol. The Balaban J connectivity index is 1.25. The second-order valence-corrected chi connectivity index (χ2v) is 8.03. The molecule has 0 N–H and O–H groups in total. The van der Waals surface area contributed by atoms with Gasteiger partial charge < -0.3 is 14.4 Å². The maximum atomic E-state index is 12.3. The fraction of sp³-hybridized carbons (Fsp3) is 0.526. The lowest BCUT2D eigenvalue weighted by Gasteiger charge is -2.37. The Bertz CT molecular complexity index is 774. The third-order valence-corrected chi connectivity index (χ3v) is 6.10. The third-order valence-electron chi connectivity index (χ3n) is 5.29. The molecule has 0 unspecified atom stereocenters. The van der Waals surface area contributed by atoms with Crippen LogP contribution in [-0.2, 0) is 11.3 Å². The Morgan fingerprint density at radius 2 is 2.04 bits per heavy atom. The number of carbonyl (C=O) groups excluding carboxylic acids is 1. The molecule has 0 aliphatic carbocycles. The minimum atomic E-state index is -0.346. The number of ether oxygens (including phenoxy) is 2. The summed E-state index contributed by atoms with van der Waals surface area (Å²) in [6, 6.07) is 9.66. The summed E-state index contributed by atoms with van der Waals surface area (Å²) in [5.41, 5.74) is 0.665. The lowest BCUT2D eigenvalue weighted by atomic mass is 9.91.